The first-order valence-electron chi connectivity index (χ1n) is 9.17. The average Bonchev–Trinajstić information content (AvgIpc) is 3.08. The smallest absolute Gasteiger partial charge is 0.263 e. The van der Waals surface area contributed by atoms with Crippen molar-refractivity contribution in [3.05, 3.63) is 83.4 Å². The Labute approximate surface area is 169 Å². The van der Waals surface area contributed by atoms with Crippen molar-refractivity contribution in [2.24, 2.45) is 0 Å². The van der Waals surface area contributed by atoms with E-state index in [0.717, 1.165) is 16.6 Å². The van der Waals surface area contributed by atoms with Crippen LogP contribution in [0.3, 0.4) is 0 Å². The zero-order valence-corrected chi connectivity index (χ0v) is 17.0. The Bertz CT molecular complexity index is 1280. The van der Waals surface area contributed by atoms with Crippen molar-refractivity contribution < 1.29 is 13.2 Å². The third kappa shape index (κ3) is 4.25. The minimum Gasteiger partial charge on any atom is -0.489 e. The maximum absolute atomic E-state index is 12.7. The summed E-state index contributed by atoms with van der Waals surface area (Å²) in [5.74, 6) is 0.874. The third-order valence-electron chi connectivity index (χ3n) is 4.55. The van der Waals surface area contributed by atoms with Crippen molar-refractivity contribution in [2.75, 3.05) is 4.72 Å². The molecule has 0 aliphatic heterocycles. The molecule has 0 saturated carbocycles. The predicted molar refractivity (Wildman–Crippen MR) is 114 cm³/mol. The van der Waals surface area contributed by atoms with Gasteiger partial charge in [-0.1, -0.05) is 42.0 Å². The van der Waals surface area contributed by atoms with E-state index in [-0.39, 0.29) is 10.7 Å². The highest BCUT2D eigenvalue weighted by Crippen LogP contribution is 2.27. The van der Waals surface area contributed by atoms with E-state index < -0.39 is 10.0 Å². The lowest BCUT2D eigenvalue weighted by Crippen LogP contribution is -2.13. The van der Waals surface area contributed by atoms with Crippen LogP contribution >= 0.6 is 0 Å². The number of fused-ring (bicyclic) bond motifs is 1. The predicted octanol–water partition coefficient (Wildman–Crippen LogP) is 4.56. The van der Waals surface area contributed by atoms with E-state index in [1.165, 1.54) is 5.56 Å². The van der Waals surface area contributed by atoms with Crippen LogP contribution in [-0.4, -0.2) is 18.6 Å². The summed E-state index contributed by atoms with van der Waals surface area (Å²) in [4.78, 5) is 0.195. The molecule has 4 aromatic rings. The summed E-state index contributed by atoms with van der Waals surface area (Å²) < 4.78 is 33.9. The fourth-order valence-corrected chi connectivity index (χ4v) is 4.22. The summed E-state index contributed by atoms with van der Waals surface area (Å²) in [5, 5.41) is 7.62. The van der Waals surface area contributed by atoms with E-state index in [0.29, 0.717) is 17.7 Å². The van der Waals surface area contributed by atoms with Crippen LogP contribution in [0.25, 0.3) is 10.9 Å². The number of nitrogens with one attached hydrogen (secondary N) is 2. The number of nitrogens with zero attached hydrogens (tertiary/aromatic N) is 1. The van der Waals surface area contributed by atoms with Gasteiger partial charge >= 0.3 is 0 Å². The first kappa shape index (κ1) is 19.0. The van der Waals surface area contributed by atoms with Crippen molar-refractivity contribution in [3.63, 3.8) is 0 Å². The molecule has 4 rings (SSSR count). The van der Waals surface area contributed by atoms with Crippen molar-refractivity contribution in [1.82, 2.24) is 10.2 Å². The SMILES string of the molecule is Cc1cccc(COc2ccc3[nH]nc(NS(=O)(=O)c4cccc(C)c4)c3c2)c1. The number of anilines is 1. The number of rotatable bonds is 6. The number of sulfonamides is 1. The Kier molecular flexibility index (Phi) is 4.98. The largest absolute Gasteiger partial charge is 0.489 e. The van der Waals surface area contributed by atoms with Crippen LogP contribution in [-0.2, 0) is 16.6 Å². The molecule has 0 radical (unpaired) electrons. The average molecular weight is 407 g/mol. The molecule has 0 amide bonds. The number of benzene rings is 3. The molecule has 0 atom stereocenters. The number of aromatic amines is 1. The van der Waals surface area contributed by atoms with E-state index in [1.807, 2.05) is 50.2 Å². The fraction of sp³-hybridized carbons (Fsp3) is 0.136. The molecule has 7 heteroatoms. The molecule has 0 aliphatic rings. The van der Waals surface area contributed by atoms with Gasteiger partial charge in [-0.05, 0) is 55.3 Å². The molecular weight excluding hydrogens is 386 g/mol. The van der Waals surface area contributed by atoms with Crippen LogP contribution in [0, 0.1) is 13.8 Å². The topological polar surface area (TPSA) is 84.1 Å². The Balaban J connectivity index is 1.58. The van der Waals surface area contributed by atoms with Crippen LogP contribution in [0.5, 0.6) is 5.75 Å². The van der Waals surface area contributed by atoms with Gasteiger partial charge in [0.05, 0.1) is 10.4 Å². The first-order valence-corrected chi connectivity index (χ1v) is 10.6. The second kappa shape index (κ2) is 7.60. The molecule has 0 spiro atoms. The van der Waals surface area contributed by atoms with Gasteiger partial charge in [-0.15, -0.1) is 0 Å². The number of H-pyrrole nitrogens is 1. The van der Waals surface area contributed by atoms with Crippen molar-refractivity contribution >= 4 is 26.7 Å². The zero-order valence-electron chi connectivity index (χ0n) is 16.1. The van der Waals surface area contributed by atoms with Crippen molar-refractivity contribution in [2.45, 2.75) is 25.3 Å². The summed E-state index contributed by atoms with van der Waals surface area (Å²) in [7, 11) is -3.74. The van der Waals surface area contributed by atoms with Gasteiger partial charge in [0, 0.05) is 5.39 Å². The molecule has 0 unspecified atom stereocenters. The van der Waals surface area contributed by atoms with Gasteiger partial charge in [0.25, 0.3) is 10.0 Å². The Hall–Kier alpha value is -3.32. The second-order valence-corrected chi connectivity index (χ2v) is 8.66. The first-order chi connectivity index (χ1) is 13.9. The van der Waals surface area contributed by atoms with Gasteiger partial charge in [-0.25, -0.2) is 8.42 Å². The summed E-state index contributed by atoms with van der Waals surface area (Å²) >= 11 is 0. The summed E-state index contributed by atoms with van der Waals surface area (Å²) in [6, 6.07) is 20.3. The Morgan fingerprint density at radius 1 is 0.966 bits per heavy atom. The molecule has 148 valence electrons. The quantitative estimate of drug-likeness (QED) is 0.491. The van der Waals surface area contributed by atoms with Crippen LogP contribution < -0.4 is 9.46 Å². The Morgan fingerprint density at radius 2 is 1.72 bits per heavy atom. The van der Waals surface area contributed by atoms with Crippen LogP contribution in [0.15, 0.2) is 71.6 Å². The zero-order chi connectivity index (χ0) is 20.4. The molecule has 0 bridgehead atoms. The molecule has 6 nitrogen and oxygen atoms in total. The van der Waals surface area contributed by atoms with Crippen LogP contribution in [0.1, 0.15) is 16.7 Å². The molecule has 0 fully saturated rings. The van der Waals surface area contributed by atoms with E-state index in [2.05, 4.69) is 21.0 Å². The molecule has 2 N–H and O–H groups in total. The normalized spacial score (nSPS) is 11.5. The monoisotopic (exact) mass is 407 g/mol. The number of hydrogen-bond acceptors (Lipinski definition) is 4. The fourth-order valence-electron chi connectivity index (χ4n) is 3.10. The lowest BCUT2D eigenvalue weighted by Gasteiger charge is -2.09. The molecule has 1 heterocycles. The maximum Gasteiger partial charge on any atom is 0.263 e. The van der Waals surface area contributed by atoms with E-state index in [9.17, 15) is 8.42 Å². The van der Waals surface area contributed by atoms with Gasteiger partial charge in [0.2, 0.25) is 0 Å². The highest BCUT2D eigenvalue weighted by Gasteiger charge is 2.18. The highest BCUT2D eigenvalue weighted by atomic mass is 32.2. The van der Waals surface area contributed by atoms with Crippen LogP contribution in [0.4, 0.5) is 5.82 Å². The van der Waals surface area contributed by atoms with E-state index >= 15 is 0 Å². The van der Waals surface area contributed by atoms with Gasteiger partial charge in [-0.3, -0.25) is 9.82 Å². The number of aromatic nitrogens is 2. The summed E-state index contributed by atoms with van der Waals surface area (Å²) in [5.41, 5.74) is 3.82. The van der Waals surface area contributed by atoms with Gasteiger partial charge in [-0.2, -0.15) is 5.10 Å². The highest BCUT2D eigenvalue weighted by molar-refractivity contribution is 7.92. The summed E-state index contributed by atoms with van der Waals surface area (Å²) in [6.07, 6.45) is 0. The van der Waals surface area contributed by atoms with E-state index in [4.69, 9.17) is 4.74 Å². The molecule has 0 aliphatic carbocycles. The van der Waals surface area contributed by atoms with Gasteiger partial charge < -0.3 is 4.74 Å². The molecule has 1 aromatic heterocycles. The lowest BCUT2D eigenvalue weighted by atomic mass is 10.1. The third-order valence-corrected chi connectivity index (χ3v) is 5.89. The van der Waals surface area contributed by atoms with Crippen molar-refractivity contribution in [1.29, 1.82) is 0 Å². The molecule has 29 heavy (non-hydrogen) atoms. The minimum absolute atomic E-state index is 0.195. The van der Waals surface area contributed by atoms with Gasteiger partial charge in [0.15, 0.2) is 5.82 Å². The number of ether oxygens (including phenoxy) is 1. The van der Waals surface area contributed by atoms with Crippen molar-refractivity contribution in [3.8, 4) is 5.75 Å². The summed E-state index contributed by atoms with van der Waals surface area (Å²) in [6.45, 7) is 4.31. The standard InChI is InChI=1S/C22H21N3O3S/c1-15-5-3-7-17(11-15)14-28-18-9-10-21-20(13-18)22(24-23-21)25-29(26,27)19-8-4-6-16(2)12-19/h3-13H,14H2,1-2H3,(H2,23,24,25). The van der Waals surface area contributed by atoms with Gasteiger partial charge in [0.1, 0.15) is 12.4 Å². The number of aryl methyl sites for hydroxylation is 2. The molecular formula is C22H21N3O3S. The molecule has 0 saturated heterocycles. The second-order valence-electron chi connectivity index (χ2n) is 6.98. The Morgan fingerprint density at radius 3 is 2.48 bits per heavy atom. The lowest BCUT2D eigenvalue weighted by molar-refractivity contribution is 0.306. The minimum atomic E-state index is -3.74. The molecule has 3 aromatic carbocycles. The number of hydrogen-bond donors (Lipinski definition) is 2. The van der Waals surface area contributed by atoms with Crippen LogP contribution in [0.2, 0.25) is 0 Å². The maximum atomic E-state index is 12.7. The van der Waals surface area contributed by atoms with E-state index in [1.54, 1.807) is 24.3 Å².